The fourth-order valence-corrected chi connectivity index (χ4v) is 1.59. The molecule has 106 valence electrons. The molecule has 1 aromatic heterocycles. The lowest BCUT2D eigenvalue weighted by atomic mass is 10.2. The third kappa shape index (κ3) is 5.70. The Morgan fingerprint density at radius 3 is 2.95 bits per heavy atom. The van der Waals surface area contributed by atoms with E-state index in [0.29, 0.717) is 31.1 Å². The van der Waals surface area contributed by atoms with Crippen LogP contribution in [0.15, 0.2) is 18.3 Å². The van der Waals surface area contributed by atoms with Crippen molar-refractivity contribution in [2.75, 3.05) is 31.6 Å². The first kappa shape index (κ1) is 15.4. The molecule has 0 aliphatic carbocycles. The Morgan fingerprint density at radius 1 is 1.37 bits per heavy atom. The van der Waals surface area contributed by atoms with Gasteiger partial charge in [-0.3, -0.25) is 4.79 Å². The van der Waals surface area contributed by atoms with Crippen molar-refractivity contribution in [2.24, 2.45) is 0 Å². The van der Waals surface area contributed by atoms with Crippen LogP contribution in [0.2, 0.25) is 0 Å². The van der Waals surface area contributed by atoms with E-state index in [4.69, 9.17) is 4.74 Å². The average molecular weight is 265 g/mol. The number of carbonyl (C=O) groups is 1. The number of hydrogen-bond acceptors (Lipinski definition) is 4. The molecule has 0 unspecified atom stereocenters. The highest BCUT2D eigenvalue weighted by Crippen LogP contribution is 2.11. The molecule has 19 heavy (non-hydrogen) atoms. The van der Waals surface area contributed by atoms with Crippen LogP contribution >= 0.6 is 0 Å². The topological polar surface area (TPSA) is 63.2 Å². The molecular weight excluding hydrogens is 242 g/mol. The first-order valence-corrected chi connectivity index (χ1v) is 6.84. The van der Waals surface area contributed by atoms with E-state index in [1.807, 2.05) is 6.92 Å². The molecule has 0 aliphatic heterocycles. The van der Waals surface area contributed by atoms with Crippen LogP contribution in [0.4, 0.5) is 5.82 Å². The van der Waals surface area contributed by atoms with Crippen molar-refractivity contribution in [2.45, 2.75) is 26.7 Å². The summed E-state index contributed by atoms with van der Waals surface area (Å²) in [7, 11) is 0. The summed E-state index contributed by atoms with van der Waals surface area (Å²) in [6, 6.07) is 3.55. The van der Waals surface area contributed by atoms with Crippen LogP contribution < -0.4 is 10.6 Å². The third-order valence-corrected chi connectivity index (χ3v) is 2.55. The maximum atomic E-state index is 12.0. The summed E-state index contributed by atoms with van der Waals surface area (Å²) in [5, 5.41) is 6.03. The quantitative estimate of drug-likeness (QED) is 0.671. The van der Waals surface area contributed by atoms with Crippen LogP contribution in [0.3, 0.4) is 0 Å². The smallest absolute Gasteiger partial charge is 0.255 e. The lowest BCUT2D eigenvalue weighted by Gasteiger charge is -2.10. The van der Waals surface area contributed by atoms with Crippen LogP contribution in [0.5, 0.6) is 0 Å². The van der Waals surface area contributed by atoms with E-state index in [2.05, 4.69) is 22.5 Å². The minimum atomic E-state index is -0.0943. The molecule has 0 atom stereocenters. The van der Waals surface area contributed by atoms with Crippen molar-refractivity contribution < 1.29 is 9.53 Å². The van der Waals surface area contributed by atoms with Gasteiger partial charge >= 0.3 is 0 Å². The van der Waals surface area contributed by atoms with E-state index in [-0.39, 0.29) is 5.91 Å². The van der Waals surface area contributed by atoms with Gasteiger partial charge in [0.2, 0.25) is 0 Å². The van der Waals surface area contributed by atoms with Crippen LogP contribution in [0.1, 0.15) is 37.0 Å². The number of anilines is 1. The summed E-state index contributed by atoms with van der Waals surface area (Å²) in [4.78, 5) is 16.2. The van der Waals surface area contributed by atoms with Gasteiger partial charge in [-0.25, -0.2) is 4.98 Å². The summed E-state index contributed by atoms with van der Waals surface area (Å²) in [6.07, 6.45) is 3.49. The zero-order valence-corrected chi connectivity index (χ0v) is 11.7. The van der Waals surface area contributed by atoms with Crippen molar-refractivity contribution in [3.8, 4) is 0 Å². The molecule has 0 fully saturated rings. The molecule has 1 heterocycles. The van der Waals surface area contributed by atoms with Gasteiger partial charge in [0, 0.05) is 32.5 Å². The van der Waals surface area contributed by atoms with Gasteiger partial charge in [0.05, 0.1) is 5.56 Å². The Balaban J connectivity index is 2.46. The van der Waals surface area contributed by atoms with Gasteiger partial charge in [0.1, 0.15) is 5.82 Å². The Labute approximate surface area is 114 Å². The van der Waals surface area contributed by atoms with Crippen molar-refractivity contribution in [3.05, 3.63) is 23.9 Å². The molecule has 0 aliphatic rings. The number of carbonyl (C=O) groups excluding carboxylic acids is 1. The van der Waals surface area contributed by atoms with E-state index in [1.54, 1.807) is 18.3 Å². The molecule has 0 saturated carbocycles. The molecule has 1 rings (SSSR count). The van der Waals surface area contributed by atoms with E-state index in [1.165, 1.54) is 0 Å². The van der Waals surface area contributed by atoms with Gasteiger partial charge in [0.25, 0.3) is 5.91 Å². The van der Waals surface area contributed by atoms with Gasteiger partial charge in [-0.2, -0.15) is 0 Å². The minimum Gasteiger partial charge on any atom is -0.382 e. The fourth-order valence-electron chi connectivity index (χ4n) is 1.59. The first-order chi connectivity index (χ1) is 9.29. The zero-order valence-electron chi connectivity index (χ0n) is 11.7. The maximum Gasteiger partial charge on any atom is 0.255 e. The largest absolute Gasteiger partial charge is 0.382 e. The van der Waals surface area contributed by atoms with Gasteiger partial charge in [0.15, 0.2) is 0 Å². The predicted octanol–water partition coefficient (Wildman–Crippen LogP) is 2.06. The molecule has 0 saturated heterocycles. The molecule has 0 bridgehead atoms. The number of nitrogens with zero attached hydrogens (tertiary/aromatic N) is 1. The molecule has 5 nitrogen and oxygen atoms in total. The number of amides is 1. The molecule has 0 aromatic carbocycles. The van der Waals surface area contributed by atoms with Crippen molar-refractivity contribution >= 4 is 11.7 Å². The van der Waals surface area contributed by atoms with Crippen LogP contribution in [-0.4, -0.2) is 37.2 Å². The number of hydrogen-bond donors (Lipinski definition) is 2. The second kappa shape index (κ2) is 9.33. The minimum absolute atomic E-state index is 0.0943. The van der Waals surface area contributed by atoms with Gasteiger partial charge in [-0.15, -0.1) is 0 Å². The van der Waals surface area contributed by atoms with E-state index in [0.717, 1.165) is 19.4 Å². The molecule has 1 amide bonds. The number of pyridine rings is 1. The van der Waals surface area contributed by atoms with Gasteiger partial charge in [-0.1, -0.05) is 6.92 Å². The Kier molecular flexibility index (Phi) is 7.58. The number of ether oxygens (including phenoxy) is 1. The van der Waals surface area contributed by atoms with Crippen molar-refractivity contribution in [3.63, 3.8) is 0 Å². The van der Waals surface area contributed by atoms with Crippen molar-refractivity contribution in [1.29, 1.82) is 0 Å². The van der Waals surface area contributed by atoms with Crippen LogP contribution in [0.25, 0.3) is 0 Å². The van der Waals surface area contributed by atoms with Crippen LogP contribution in [0, 0.1) is 0 Å². The van der Waals surface area contributed by atoms with Gasteiger partial charge in [-0.05, 0) is 31.9 Å². The lowest BCUT2D eigenvalue weighted by molar-refractivity contribution is 0.0945. The molecule has 1 aromatic rings. The predicted molar refractivity (Wildman–Crippen MR) is 76.5 cm³/mol. The summed E-state index contributed by atoms with van der Waals surface area (Å²) in [6.45, 7) is 6.83. The normalized spacial score (nSPS) is 10.2. The fraction of sp³-hybridized carbons (Fsp3) is 0.571. The summed E-state index contributed by atoms with van der Waals surface area (Å²) in [5.41, 5.74) is 0.590. The highest BCUT2D eigenvalue weighted by Gasteiger charge is 2.10. The maximum absolute atomic E-state index is 12.0. The Bertz CT molecular complexity index is 383. The monoisotopic (exact) mass is 265 g/mol. The molecule has 5 heteroatoms. The molecular formula is C14H23N3O2. The third-order valence-electron chi connectivity index (χ3n) is 2.55. The standard InChI is InChI=1S/C14H23N3O2/c1-3-8-15-13-12(7-5-9-16-13)14(18)17-10-6-11-19-4-2/h5,7,9H,3-4,6,8,10-11H2,1-2H3,(H,15,16)(H,17,18). The van der Waals surface area contributed by atoms with Crippen LogP contribution in [-0.2, 0) is 4.74 Å². The number of nitrogens with one attached hydrogen (secondary N) is 2. The highest BCUT2D eigenvalue weighted by molar-refractivity contribution is 5.98. The van der Waals surface area contributed by atoms with Crippen molar-refractivity contribution in [1.82, 2.24) is 10.3 Å². The second-order valence-corrected chi connectivity index (χ2v) is 4.13. The Hall–Kier alpha value is -1.62. The number of aromatic nitrogens is 1. The molecule has 0 radical (unpaired) electrons. The zero-order chi connectivity index (χ0) is 13.9. The highest BCUT2D eigenvalue weighted by atomic mass is 16.5. The number of rotatable bonds is 9. The van der Waals surface area contributed by atoms with E-state index in [9.17, 15) is 4.79 Å². The summed E-state index contributed by atoms with van der Waals surface area (Å²) < 4.78 is 5.22. The van der Waals surface area contributed by atoms with E-state index >= 15 is 0 Å². The summed E-state index contributed by atoms with van der Waals surface area (Å²) in [5.74, 6) is 0.551. The Morgan fingerprint density at radius 2 is 2.21 bits per heavy atom. The average Bonchev–Trinajstić information content (AvgIpc) is 2.45. The molecule has 2 N–H and O–H groups in total. The second-order valence-electron chi connectivity index (χ2n) is 4.13. The first-order valence-electron chi connectivity index (χ1n) is 6.84. The SMILES string of the molecule is CCCNc1ncccc1C(=O)NCCCOCC. The van der Waals surface area contributed by atoms with Gasteiger partial charge < -0.3 is 15.4 Å². The lowest BCUT2D eigenvalue weighted by Crippen LogP contribution is -2.26. The van der Waals surface area contributed by atoms with E-state index < -0.39 is 0 Å². The summed E-state index contributed by atoms with van der Waals surface area (Å²) >= 11 is 0. The molecule has 0 spiro atoms.